The molecule has 1 aliphatic heterocycles. The van der Waals surface area contributed by atoms with Gasteiger partial charge in [-0.05, 0) is 73.7 Å². The summed E-state index contributed by atoms with van der Waals surface area (Å²) in [6.07, 6.45) is 4.45. The highest BCUT2D eigenvalue weighted by Gasteiger charge is 2.42. The summed E-state index contributed by atoms with van der Waals surface area (Å²) < 4.78 is 13.8. The number of aromatic nitrogens is 2. The van der Waals surface area contributed by atoms with Crippen molar-refractivity contribution in [3.8, 4) is 11.5 Å². The smallest absolute Gasteiger partial charge is 0.137 e. The fourth-order valence-electron chi connectivity index (χ4n) is 4.64. The first-order valence-electron chi connectivity index (χ1n) is 12.3. The molecule has 0 amide bonds. The number of ether oxygens (including phenoxy) is 2. The molecule has 0 bridgehead atoms. The van der Waals surface area contributed by atoms with Gasteiger partial charge in [0.15, 0.2) is 0 Å². The number of rotatable bonds is 10. The Kier molecular flexibility index (Phi) is 8.11. The standard InChI is InChI=1S/C28H37N3O4/c1-21-12-22(2)14-26(13-21)35-20-28(33)19-30(10-8-27(28)32)18-24-6-4-7-25(15-24)34-11-5-9-31-17-23(3)16-29-31/h4,6-7,12-17,27,32-33H,5,8-11,18-20H2,1-3H3/t27-,28-/m0/s1. The van der Waals surface area contributed by atoms with Gasteiger partial charge in [-0.3, -0.25) is 9.58 Å². The summed E-state index contributed by atoms with van der Waals surface area (Å²) in [6, 6.07) is 14.1. The highest BCUT2D eigenvalue weighted by molar-refractivity contribution is 5.33. The zero-order valence-corrected chi connectivity index (χ0v) is 21.0. The monoisotopic (exact) mass is 479 g/mol. The molecule has 1 aromatic heterocycles. The minimum absolute atomic E-state index is 0.0481. The topological polar surface area (TPSA) is 80.0 Å². The zero-order valence-electron chi connectivity index (χ0n) is 21.0. The van der Waals surface area contributed by atoms with Gasteiger partial charge in [0.05, 0.1) is 18.9 Å². The second-order valence-corrected chi connectivity index (χ2v) is 9.86. The van der Waals surface area contributed by atoms with Crippen LogP contribution in [0, 0.1) is 20.8 Å². The lowest BCUT2D eigenvalue weighted by molar-refractivity contribution is -0.140. The molecule has 188 valence electrons. The SMILES string of the molecule is Cc1cc(C)cc(OC[C@@]2(O)CN(Cc3cccc(OCCCn4cc(C)cn4)c3)CC[C@@H]2O)c1. The van der Waals surface area contributed by atoms with Crippen LogP contribution in [0.4, 0.5) is 0 Å². The molecular formula is C28H37N3O4. The first kappa shape index (κ1) is 25.2. The molecule has 2 N–H and O–H groups in total. The number of aryl methyl sites for hydroxylation is 4. The van der Waals surface area contributed by atoms with Gasteiger partial charge >= 0.3 is 0 Å². The van der Waals surface area contributed by atoms with Crippen LogP contribution < -0.4 is 9.47 Å². The maximum Gasteiger partial charge on any atom is 0.137 e. The molecule has 0 aliphatic carbocycles. The third kappa shape index (κ3) is 7.07. The van der Waals surface area contributed by atoms with Gasteiger partial charge in [-0.2, -0.15) is 5.10 Å². The summed E-state index contributed by atoms with van der Waals surface area (Å²) in [5.74, 6) is 1.55. The lowest BCUT2D eigenvalue weighted by atomic mass is 9.90. The molecule has 1 aliphatic rings. The molecule has 3 aromatic rings. The number of aliphatic hydroxyl groups excluding tert-OH is 1. The Hall–Kier alpha value is -2.87. The molecular weight excluding hydrogens is 442 g/mol. The fraction of sp³-hybridized carbons (Fsp3) is 0.464. The third-order valence-electron chi connectivity index (χ3n) is 6.39. The van der Waals surface area contributed by atoms with Gasteiger partial charge in [0.25, 0.3) is 0 Å². The van der Waals surface area contributed by atoms with Crippen molar-refractivity contribution in [2.45, 2.75) is 58.4 Å². The van der Waals surface area contributed by atoms with Crippen LogP contribution in [-0.4, -0.2) is 62.9 Å². The van der Waals surface area contributed by atoms with Crippen LogP contribution >= 0.6 is 0 Å². The predicted octanol–water partition coefficient (Wildman–Crippen LogP) is 3.65. The van der Waals surface area contributed by atoms with E-state index in [0.29, 0.717) is 38.4 Å². The van der Waals surface area contributed by atoms with Crippen molar-refractivity contribution < 1.29 is 19.7 Å². The summed E-state index contributed by atoms with van der Waals surface area (Å²) in [4.78, 5) is 2.16. The van der Waals surface area contributed by atoms with E-state index in [9.17, 15) is 10.2 Å². The Labute approximate surface area is 207 Å². The molecule has 1 saturated heterocycles. The van der Waals surface area contributed by atoms with Crippen molar-refractivity contribution in [1.29, 1.82) is 0 Å². The summed E-state index contributed by atoms with van der Waals surface area (Å²) >= 11 is 0. The Morgan fingerprint density at radius 1 is 1.03 bits per heavy atom. The average molecular weight is 480 g/mol. The second kappa shape index (κ2) is 11.2. The van der Waals surface area contributed by atoms with Gasteiger partial charge in [-0.25, -0.2) is 0 Å². The van der Waals surface area contributed by atoms with E-state index in [2.05, 4.69) is 22.1 Å². The first-order valence-corrected chi connectivity index (χ1v) is 12.3. The molecule has 2 heterocycles. The molecule has 0 unspecified atom stereocenters. The van der Waals surface area contributed by atoms with E-state index in [1.165, 1.54) is 0 Å². The van der Waals surface area contributed by atoms with Gasteiger partial charge in [0, 0.05) is 38.8 Å². The molecule has 7 nitrogen and oxygen atoms in total. The molecule has 2 aromatic carbocycles. The van der Waals surface area contributed by atoms with Crippen molar-refractivity contribution >= 4 is 0 Å². The van der Waals surface area contributed by atoms with Crippen molar-refractivity contribution in [1.82, 2.24) is 14.7 Å². The largest absolute Gasteiger partial charge is 0.494 e. The molecule has 0 spiro atoms. The van der Waals surface area contributed by atoms with Crippen LogP contribution in [0.25, 0.3) is 0 Å². The minimum atomic E-state index is -1.32. The van der Waals surface area contributed by atoms with E-state index in [0.717, 1.165) is 41.0 Å². The van der Waals surface area contributed by atoms with E-state index < -0.39 is 11.7 Å². The third-order valence-corrected chi connectivity index (χ3v) is 6.39. The molecule has 35 heavy (non-hydrogen) atoms. The number of hydrogen-bond acceptors (Lipinski definition) is 6. The highest BCUT2D eigenvalue weighted by Crippen LogP contribution is 2.26. The summed E-state index contributed by atoms with van der Waals surface area (Å²) in [5.41, 5.74) is 3.16. The first-order chi connectivity index (χ1) is 16.8. The van der Waals surface area contributed by atoms with Crippen molar-refractivity contribution in [3.63, 3.8) is 0 Å². The van der Waals surface area contributed by atoms with Crippen LogP contribution in [0.5, 0.6) is 11.5 Å². The molecule has 7 heteroatoms. The van der Waals surface area contributed by atoms with Crippen LogP contribution in [0.1, 0.15) is 35.1 Å². The Morgan fingerprint density at radius 2 is 1.83 bits per heavy atom. The quantitative estimate of drug-likeness (QED) is 0.432. The van der Waals surface area contributed by atoms with Gasteiger partial charge in [-0.1, -0.05) is 18.2 Å². The maximum absolute atomic E-state index is 11.2. The van der Waals surface area contributed by atoms with E-state index >= 15 is 0 Å². The van der Waals surface area contributed by atoms with E-state index in [1.54, 1.807) is 0 Å². The Bertz CT molecular complexity index is 1090. The summed E-state index contributed by atoms with van der Waals surface area (Å²) in [6.45, 7) is 9.28. The maximum atomic E-state index is 11.2. The van der Waals surface area contributed by atoms with E-state index in [4.69, 9.17) is 9.47 Å². The second-order valence-electron chi connectivity index (χ2n) is 9.86. The van der Waals surface area contributed by atoms with Crippen LogP contribution in [0.2, 0.25) is 0 Å². The molecule has 1 fully saturated rings. The van der Waals surface area contributed by atoms with E-state index in [-0.39, 0.29) is 6.61 Å². The number of aliphatic hydroxyl groups is 2. The molecule has 0 radical (unpaired) electrons. The van der Waals surface area contributed by atoms with Crippen LogP contribution in [0.3, 0.4) is 0 Å². The molecule has 0 saturated carbocycles. The van der Waals surface area contributed by atoms with Crippen LogP contribution in [-0.2, 0) is 13.1 Å². The van der Waals surface area contributed by atoms with E-state index in [1.807, 2.05) is 68.2 Å². The van der Waals surface area contributed by atoms with Gasteiger partial charge in [-0.15, -0.1) is 0 Å². The van der Waals surface area contributed by atoms with Crippen molar-refractivity contribution in [2.75, 3.05) is 26.3 Å². The lowest BCUT2D eigenvalue weighted by Gasteiger charge is -2.42. The number of likely N-dealkylation sites (tertiary alicyclic amines) is 1. The Balaban J connectivity index is 1.29. The van der Waals surface area contributed by atoms with Gasteiger partial charge in [0.1, 0.15) is 23.7 Å². The number of piperidine rings is 1. The van der Waals surface area contributed by atoms with Gasteiger partial charge < -0.3 is 19.7 Å². The normalized spacial score (nSPS) is 20.7. The van der Waals surface area contributed by atoms with Gasteiger partial charge in [0.2, 0.25) is 0 Å². The number of benzene rings is 2. The van der Waals surface area contributed by atoms with Crippen LogP contribution in [0.15, 0.2) is 54.9 Å². The molecule has 2 atom stereocenters. The number of β-amino-alcohol motifs (C(OH)–C–C–N with tert-alkyl or cyclic N) is 1. The lowest BCUT2D eigenvalue weighted by Crippen LogP contribution is -2.59. The Morgan fingerprint density at radius 3 is 2.57 bits per heavy atom. The van der Waals surface area contributed by atoms with Crippen molar-refractivity contribution in [2.24, 2.45) is 0 Å². The summed E-state index contributed by atoms with van der Waals surface area (Å²) in [5, 5.41) is 26.1. The minimum Gasteiger partial charge on any atom is -0.494 e. The summed E-state index contributed by atoms with van der Waals surface area (Å²) in [7, 11) is 0. The highest BCUT2D eigenvalue weighted by atomic mass is 16.5. The fourth-order valence-corrected chi connectivity index (χ4v) is 4.64. The predicted molar refractivity (Wildman–Crippen MR) is 136 cm³/mol. The number of hydrogen-bond donors (Lipinski definition) is 2. The number of nitrogens with zero attached hydrogens (tertiary/aromatic N) is 3. The zero-order chi connectivity index (χ0) is 24.8. The van der Waals surface area contributed by atoms with Crippen molar-refractivity contribution in [3.05, 3.63) is 77.1 Å². The molecule has 4 rings (SSSR count). The average Bonchev–Trinajstić information content (AvgIpc) is 3.23.